The normalized spacial score (nSPS) is 21.6. The average molecular weight is 311 g/mol. The summed E-state index contributed by atoms with van der Waals surface area (Å²) in [5.41, 5.74) is -0.373. The second-order valence-electron chi connectivity index (χ2n) is 5.65. The van der Waals surface area contributed by atoms with Crippen LogP contribution in [0, 0.1) is 0 Å². The van der Waals surface area contributed by atoms with Crippen LogP contribution in [0.3, 0.4) is 0 Å². The van der Waals surface area contributed by atoms with Gasteiger partial charge in [0.15, 0.2) is 5.82 Å². The minimum absolute atomic E-state index is 0.0397. The molecule has 0 aromatic carbocycles. The Labute approximate surface area is 130 Å². The van der Waals surface area contributed by atoms with E-state index < -0.39 is 0 Å². The third-order valence-electron chi connectivity index (χ3n) is 4.17. The highest BCUT2D eigenvalue weighted by Gasteiger charge is 2.47. The monoisotopic (exact) mass is 311 g/mol. The molecule has 0 spiro atoms. The van der Waals surface area contributed by atoms with Gasteiger partial charge in [-0.2, -0.15) is 0 Å². The summed E-state index contributed by atoms with van der Waals surface area (Å²) in [5, 5.41) is 15.0. The smallest absolute Gasteiger partial charge is 0.317 e. The molecule has 1 saturated heterocycles. The van der Waals surface area contributed by atoms with Gasteiger partial charge < -0.3 is 15.0 Å². The van der Waals surface area contributed by atoms with Crippen molar-refractivity contribution in [1.82, 2.24) is 35.3 Å². The number of urea groups is 1. The molecule has 9 nitrogen and oxygen atoms in total. The number of methoxy groups -OCH3 is 1. The fourth-order valence-electron chi connectivity index (χ4n) is 2.84. The predicted molar refractivity (Wildman–Crippen MR) is 80.3 cm³/mol. The van der Waals surface area contributed by atoms with Crippen LogP contribution in [0.15, 0.2) is 0 Å². The predicted octanol–water partition coefficient (Wildman–Crippen LogP) is -0.488. The van der Waals surface area contributed by atoms with Crippen molar-refractivity contribution in [1.29, 1.82) is 0 Å². The molecule has 1 atom stereocenters. The molecule has 22 heavy (non-hydrogen) atoms. The van der Waals surface area contributed by atoms with Crippen LogP contribution in [0.25, 0.3) is 0 Å². The molecule has 0 bridgehead atoms. The van der Waals surface area contributed by atoms with E-state index in [1.807, 2.05) is 25.9 Å². The van der Waals surface area contributed by atoms with E-state index in [2.05, 4.69) is 25.7 Å². The first-order valence-electron chi connectivity index (χ1n) is 7.51. The lowest BCUT2D eigenvalue weighted by atomic mass is 9.96. The van der Waals surface area contributed by atoms with Crippen molar-refractivity contribution in [2.24, 2.45) is 0 Å². The van der Waals surface area contributed by atoms with Crippen LogP contribution in [0.2, 0.25) is 0 Å². The van der Waals surface area contributed by atoms with Crippen molar-refractivity contribution in [2.45, 2.75) is 25.4 Å². The number of likely N-dealkylation sites (N-methyl/N-ethyl adjacent to an activating group) is 1. The van der Waals surface area contributed by atoms with Crippen molar-refractivity contribution >= 4 is 6.03 Å². The number of rotatable bonds is 6. The fourth-order valence-corrected chi connectivity index (χ4v) is 2.84. The number of hydrogen-bond acceptors (Lipinski definition) is 6. The van der Waals surface area contributed by atoms with Gasteiger partial charge in [0.25, 0.3) is 0 Å². The fraction of sp³-hybridized carbons (Fsp3) is 0.846. The Morgan fingerprint density at radius 2 is 2.27 bits per heavy atom. The van der Waals surface area contributed by atoms with Gasteiger partial charge in [0.05, 0.1) is 13.2 Å². The molecule has 2 amide bonds. The lowest BCUT2D eigenvalue weighted by Crippen LogP contribution is -2.48. The molecule has 2 heterocycles. The summed E-state index contributed by atoms with van der Waals surface area (Å²) in [5.74, 6) is 0.779. The van der Waals surface area contributed by atoms with E-state index in [0.717, 1.165) is 12.2 Å². The van der Waals surface area contributed by atoms with E-state index in [-0.39, 0.29) is 11.6 Å². The topological polar surface area (TPSA) is 88.4 Å². The van der Waals surface area contributed by atoms with Gasteiger partial charge in [-0.1, -0.05) is 0 Å². The summed E-state index contributed by atoms with van der Waals surface area (Å²) >= 11 is 0. The van der Waals surface area contributed by atoms with Crippen molar-refractivity contribution in [3.05, 3.63) is 5.82 Å². The van der Waals surface area contributed by atoms with Gasteiger partial charge in [-0.15, -0.1) is 5.10 Å². The maximum absolute atomic E-state index is 12.1. The molecule has 1 aromatic rings. The third-order valence-corrected chi connectivity index (χ3v) is 4.17. The lowest BCUT2D eigenvalue weighted by Gasteiger charge is -2.34. The SMILES string of the molecule is CCNC(=O)N1CCC(c2nnnn2CCOC)(N(C)C)C1. The number of ether oxygens (including phenoxy) is 1. The maximum atomic E-state index is 12.1. The molecule has 0 aliphatic carbocycles. The molecular formula is C13H25N7O2. The van der Waals surface area contributed by atoms with E-state index in [1.165, 1.54) is 0 Å². The van der Waals surface area contributed by atoms with E-state index in [0.29, 0.717) is 32.8 Å². The third kappa shape index (κ3) is 3.05. The molecule has 124 valence electrons. The summed E-state index contributed by atoms with van der Waals surface area (Å²) in [6.45, 7) is 4.92. The second-order valence-corrected chi connectivity index (χ2v) is 5.65. The van der Waals surface area contributed by atoms with Gasteiger partial charge in [0.1, 0.15) is 5.54 Å². The molecule has 1 aromatic heterocycles. The van der Waals surface area contributed by atoms with Crippen molar-refractivity contribution in [2.75, 3.05) is 47.4 Å². The Kier molecular flexibility index (Phi) is 5.30. The molecule has 1 aliphatic heterocycles. The summed E-state index contributed by atoms with van der Waals surface area (Å²) in [4.78, 5) is 16.0. The van der Waals surface area contributed by atoms with Crippen LogP contribution >= 0.6 is 0 Å². The van der Waals surface area contributed by atoms with Gasteiger partial charge in [-0.3, -0.25) is 4.90 Å². The zero-order valence-electron chi connectivity index (χ0n) is 13.7. The number of carbonyl (C=O) groups is 1. The molecule has 1 N–H and O–H groups in total. The van der Waals surface area contributed by atoms with Gasteiger partial charge in [-0.05, 0) is 37.9 Å². The number of nitrogens with one attached hydrogen (secondary N) is 1. The molecule has 2 rings (SSSR count). The Hall–Kier alpha value is -1.74. The maximum Gasteiger partial charge on any atom is 0.317 e. The van der Waals surface area contributed by atoms with Crippen LogP contribution in [0.5, 0.6) is 0 Å². The molecule has 1 unspecified atom stereocenters. The number of tetrazole rings is 1. The van der Waals surface area contributed by atoms with Gasteiger partial charge in [-0.25, -0.2) is 9.48 Å². The molecular weight excluding hydrogens is 286 g/mol. The number of nitrogens with zero attached hydrogens (tertiary/aromatic N) is 6. The Balaban J connectivity index is 2.24. The molecule has 1 aliphatic rings. The Bertz CT molecular complexity index is 504. The lowest BCUT2D eigenvalue weighted by molar-refractivity contribution is 0.131. The first-order chi connectivity index (χ1) is 10.5. The minimum Gasteiger partial charge on any atom is -0.383 e. The van der Waals surface area contributed by atoms with Crippen molar-refractivity contribution < 1.29 is 9.53 Å². The minimum atomic E-state index is -0.373. The Morgan fingerprint density at radius 3 is 2.91 bits per heavy atom. The summed E-state index contributed by atoms with van der Waals surface area (Å²) in [7, 11) is 5.64. The van der Waals surface area contributed by atoms with Crippen LogP contribution in [0.4, 0.5) is 4.79 Å². The van der Waals surface area contributed by atoms with Crippen LogP contribution in [0.1, 0.15) is 19.2 Å². The van der Waals surface area contributed by atoms with Crippen molar-refractivity contribution in [3.8, 4) is 0 Å². The highest BCUT2D eigenvalue weighted by Crippen LogP contribution is 2.34. The number of carbonyl (C=O) groups excluding carboxylic acids is 1. The highest BCUT2D eigenvalue weighted by atomic mass is 16.5. The van der Waals surface area contributed by atoms with E-state index in [4.69, 9.17) is 4.74 Å². The molecule has 1 fully saturated rings. The highest BCUT2D eigenvalue weighted by molar-refractivity contribution is 5.74. The van der Waals surface area contributed by atoms with Gasteiger partial charge in [0, 0.05) is 26.7 Å². The number of aromatic nitrogens is 4. The Morgan fingerprint density at radius 1 is 1.50 bits per heavy atom. The molecule has 9 heteroatoms. The van der Waals surface area contributed by atoms with E-state index >= 15 is 0 Å². The number of hydrogen-bond donors (Lipinski definition) is 1. The van der Waals surface area contributed by atoms with Crippen LogP contribution in [-0.2, 0) is 16.8 Å². The van der Waals surface area contributed by atoms with Gasteiger partial charge >= 0.3 is 6.03 Å². The first kappa shape index (κ1) is 16.6. The first-order valence-corrected chi connectivity index (χ1v) is 7.51. The largest absolute Gasteiger partial charge is 0.383 e. The van der Waals surface area contributed by atoms with E-state index in [9.17, 15) is 4.79 Å². The summed E-state index contributed by atoms with van der Waals surface area (Å²) < 4.78 is 6.88. The van der Waals surface area contributed by atoms with Crippen LogP contribution < -0.4 is 5.32 Å². The standard InChI is InChI=1S/C13H25N7O2/c1-5-14-12(21)19-7-6-13(10-19,18(2)3)11-15-16-17-20(11)8-9-22-4/h5-10H2,1-4H3,(H,14,21). The average Bonchev–Trinajstić information content (AvgIpc) is 3.12. The number of amides is 2. The number of likely N-dealkylation sites (tertiary alicyclic amines) is 1. The summed E-state index contributed by atoms with van der Waals surface area (Å²) in [6.07, 6.45) is 0.796. The molecule has 0 saturated carbocycles. The zero-order chi connectivity index (χ0) is 16.2. The van der Waals surface area contributed by atoms with E-state index in [1.54, 1.807) is 11.8 Å². The van der Waals surface area contributed by atoms with Crippen LogP contribution in [-0.4, -0.2) is 83.5 Å². The quantitative estimate of drug-likeness (QED) is 0.763. The van der Waals surface area contributed by atoms with Crippen molar-refractivity contribution in [3.63, 3.8) is 0 Å². The second kappa shape index (κ2) is 7.01. The molecule has 0 radical (unpaired) electrons. The zero-order valence-corrected chi connectivity index (χ0v) is 13.7. The van der Waals surface area contributed by atoms with Gasteiger partial charge in [0.2, 0.25) is 0 Å². The summed E-state index contributed by atoms with van der Waals surface area (Å²) in [6, 6.07) is -0.0397.